The molecule has 128 valence electrons. The van der Waals surface area contributed by atoms with Gasteiger partial charge in [0.05, 0.1) is 15.2 Å². The molecule has 4 rings (SSSR count). The number of carbonyl (C=O) groups excluding carboxylic acids is 1. The highest BCUT2D eigenvalue weighted by molar-refractivity contribution is 7.18. The molecule has 0 unspecified atom stereocenters. The second-order valence-corrected chi connectivity index (χ2v) is 8.15. The number of amides is 1. The summed E-state index contributed by atoms with van der Waals surface area (Å²) in [5, 5.41) is 7.86. The van der Waals surface area contributed by atoms with Crippen LogP contribution in [0.2, 0.25) is 0 Å². The molecule has 2 N–H and O–H groups in total. The molecule has 1 aromatic heterocycles. The molecule has 1 aliphatic carbocycles. The number of nitrogens with one attached hydrogen (secondary N) is 2. The van der Waals surface area contributed by atoms with Crippen LogP contribution in [-0.4, -0.2) is 30.0 Å². The first-order valence-electron chi connectivity index (χ1n) is 9.14. The van der Waals surface area contributed by atoms with E-state index in [4.69, 9.17) is 4.98 Å². The molecule has 24 heavy (non-hydrogen) atoms. The summed E-state index contributed by atoms with van der Waals surface area (Å²) in [6.07, 6.45) is 7.03. The Morgan fingerprint density at radius 3 is 2.71 bits per heavy atom. The second-order valence-electron chi connectivity index (χ2n) is 7.12. The summed E-state index contributed by atoms with van der Waals surface area (Å²) in [5.74, 6) is 0.650. The van der Waals surface area contributed by atoms with Gasteiger partial charge in [-0.15, -0.1) is 11.3 Å². The Morgan fingerprint density at radius 1 is 1.21 bits per heavy atom. The average Bonchev–Trinajstić information content (AvgIpc) is 3.25. The van der Waals surface area contributed by atoms with Crippen molar-refractivity contribution in [3.8, 4) is 0 Å². The van der Waals surface area contributed by atoms with Crippen molar-refractivity contribution in [2.24, 2.45) is 0 Å². The van der Waals surface area contributed by atoms with Crippen LogP contribution in [-0.2, 0) is 0 Å². The lowest BCUT2D eigenvalue weighted by atomic mass is 9.99. The van der Waals surface area contributed by atoms with Gasteiger partial charge in [-0.25, -0.2) is 4.98 Å². The number of piperidine rings is 1. The van der Waals surface area contributed by atoms with Gasteiger partial charge >= 0.3 is 0 Å². The Morgan fingerprint density at radius 2 is 1.96 bits per heavy atom. The molecule has 2 aliphatic rings. The fourth-order valence-electron chi connectivity index (χ4n) is 3.96. The number of aromatic nitrogens is 1. The minimum Gasteiger partial charge on any atom is -0.349 e. The Hall–Kier alpha value is -1.46. The van der Waals surface area contributed by atoms with Crippen molar-refractivity contribution in [2.75, 3.05) is 13.1 Å². The molecule has 1 saturated heterocycles. The first-order valence-corrected chi connectivity index (χ1v) is 9.95. The summed E-state index contributed by atoms with van der Waals surface area (Å²) in [7, 11) is 0. The van der Waals surface area contributed by atoms with E-state index in [2.05, 4.69) is 17.6 Å². The highest BCUT2D eigenvalue weighted by Crippen LogP contribution is 2.35. The van der Waals surface area contributed by atoms with Crippen LogP contribution in [0.25, 0.3) is 10.2 Å². The van der Waals surface area contributed by atoms with Crippen LogP contribution in [0.5, 0.6) is 0 Å². The third-order valence-corrected chi connectivity index (χ3v) is 6.80. The Bertz CT molecular complexity index is 742. The Balaban J connectivity index is 1.60. The fraction of sp³-hybridized carbons (Fsp3) is 0.579. The second kappa shape index (κ2) is 6.81. The fourth-order valence-corrected chi connectivity index (χ4v) is 5.20. The normalized spacial score (nSPS) is 19.9. The minimum atomic E-state index is 0.0816. The van der Waals surface area contributed by atoms with Crippen molar-refractivity contribution in [1.82, 2.24) is 15.6 Å². The quantitative estimate of drug-likeness (QED) is 0.892. The van der Waals surface area contributed by atoms with Gasteiger partial charge in [0, 0.05) is 17.5 Å². The number of carbonyl (C=O) groups is 1. The minimum absolute atomic E-state index is 0.0816. The molecule has 4 nitrogen and oxygen atoms in total. The topological polar surface area (TPSA) is 54.0 Å². The van der Waals surface area contributed by atoms with Gasteiger partial charge in [0.15, 0.2) is 0 Å². The van der Waals surface area contributed by atoms with E-state index in [9.17, 15) is 4.79 Å². The monoisotopic (exact) mass is 343 g/mol. The molecule has 0 bridgehead atoms. The SMILES string of the molecule is Cc1c(C(=O)NC2CCCC2)ccc2nc(C3CCNCC3)sc12. The van der Waals surface area contributed by atoms with Gasteiger partial charge in [-0.2, -0.15) is 0 Å². The van der Waals surface area contributed by atoms with Gasteiger partial charge in [-0.05, 0) is 63.4 Å². The standard InChI is InChI=1S/C19H25N3OS/c1-12-15(18(23)21-14-4-2-3-5-14)6-7-16-17(12)24-19(22-16)13-8-10-20-11-9-13/h6-7,13-14,20H,2-5,8-11H2,1H3,(H,21,23). The van der Waals surface area contributed by atoms with Crippen LogP contribution in [0.15, 0.2) is 12.1 Å². The zero-order valence-corrected chi connectivity index (χ0v) is 15.0. The van der Waals surface area contributed by atoms with E-state index in [1.54, 1.807) is 11.3 Å². The molecular weight excluding hydrogens is 318 g/mol. The first-order chi connectivity index (χ1) is 11.7. The lowest BCUT2D eigenvalue weighted by Gasteiger charge is -2.20. The molecule has 2 aromatic rings. The summed E-state index contributed by atoms with van der Waals surface area (Å²) >= 11 is 1.79. The molecule has 0 radical (unpaired) electrons. The van der Waals surface area contributed by atoms with Crippen LogP contribution in [0, 0.1) is 6.92 Å². The smallest absolute Gasteiger partial charge is 0.251 e. The van der Waals surface area contributed by atoms with E-state index in [1.165, 1.54) is 22.5 Å². The van der Waals surface area contributed by atoms with E-state index in [0.29, 0.717) is 12.0 Å². The third-order valence-electron chi connectivity index (χ3n) is 5.45. The van der Waals surface area contributed by atoms with Crippen molar-refractivity contribution in [1.29, 1.82) is 0 Å². The molecule has 1 aliphatic heterocycles. The Labute approximate surface area is 147 Å². The molecule has 1 aromatic carbocycles. The van der Waals surface area contributed by atoms with Gasteiger partial charge < -0.3 is 10.6 Å². The van der Waals surface area contributed by atoms with Gasteiger partial charge in [-0.3, -0.25) is 4.79 Å². The number of hydrogen-bond acceptors (Lipinski definition) is 4. The van der Waals surface area contributed by atoms with Crippen molar-refractivity contribution in [3.05, 3.63) is 28.3 Å². The van der Waals surface area contributed by atoms with Crippen molar-refractivity contribution in [3.63, 3.8) is 0 Å². The van der Waals surface area contributed by atoms with E-state index in [-0.39, 0.29) is 5.91 Å². The number of aryl methyl sites for hydroxylation is 1. The zero-order chi connectivity index (χ0) is 16.5. The number of thiazole rings is 1. The molecule has 2 heterocycles. The van der Waals surface area contributed by atoms with Crippen LogP contribution in [0.3, 0.4) is 0 Å². The van der Waals surface area contributed by atoms with Crippen LogP contribution in [0.4, 0.5) is 0 Å². The molecule has 5 heteroatoms. The molecule has 0 atom stereocenters. The average molecular weight is 343 g/mol. The number of fused-ring (bicyclic) bond motifs is 1. The lowest BCUT2D eigenvalue weighted by molar-refractivity contribution is 0.0937. The van der Waals surface area contributed by atoms with Crippen LogP contribution in [0.1, 0.15) is 65.4 Å². The van der Waals surface area contributed by atoms with Crippen molar-refractivity contribution in [2.45, 2.75) is 57.4 Å². The molecule has 1 saturated carbocycles. The molecule has 0 spiro atoms. The van der Waals surface area contributed by atoms with Crippen molar-refractivity contribution >= 4 is 27.5 Å². The third kappa shape index (κ3) is 3.07. The van der Waals surface area contributed by atoms with E-state index < -0.39 is 0 Å². The van der Waals surface area contributed by atoms with Gasteiger partial charge in [0.2, 0.25) is 0 Å². The molecular formula is C19H25N3OS. The summed E-state index contributed by atoms with van der Waals surface area (Å²) < 4.78 is 1.18. The highest BCUT2D eigenvalue weighted by Gasteiger charge is 2.22. The maximum atomic E-state index is 12.6. The predicted octanol–water partition coefficient (Wildman–Crippen LogP) is 3.74. The van der Waals surface area contributed by atoms with E-state index in [0.717, 1.165) is 55.4 Å². The highest BCUT2D eigenvalue weighted by atomic mass is 32.1. The molecule has 2 fully saturated rings. The number of hydrogen-bond donors (Lipinski definition) is 2. The van der Waals surface area contributed by atoms with Gasteiger partial charge in [0.1, 0.15) is 0 Å². The molecule has 1 amide bonds. The van der Waals surface area contributed by atoms with Crippen LogP contribution < -0.4 is 10.6 Å². The van der Waals surface area contributed by atoms with Gasteiger partial charge in [0.25, 0.3) is 5.91 Å². The zero-order valence-electron chi connectivity index (χ0n) is 14.2. The lowest BCUT2D eigenvalue weighted by Crippen LogP contribution is -2.32. The summed E-state index contributed by atoms with van der Waals surface area (Å²) in [5.41, 5.74) is 2.94. The maximum absolute atomic E-state index is 12.6. The maximum Gasteiger partial charge on any atom is 0.251 e. The predicted molar refractivity (Wildman–Crippen MR) is 98.9 cm³/mol. The summed E-state index contributed by atoms with van der Waals surface area (Å²) in [6.45, 7) is 4.22. The van der Waals surface area contributed by atoms with E-state index in [1.807, 2.05) is 12.1 Å². The number of nitrogens with zero attached hydrogens (tertiary/aromatic N) is 1. The summed E-state index contributed by atoms with van der Waals surface area (Å²) in [6, 6.07) is 4.33. The van der Waals surface area contributed by atoms with Crippen molar-refractivity contribution < 1.29 is 4.79 Å². The van der Waals surface area contributed by atoms with E-state index >= 15 is 0 Å². The van der Waals surface area contributed by atoms with Gasteiger partial charge in [-0.1, -0.05) is 12.8 Å². The van der Waals surface area contributed by atoms with Crippen LogP contribution >= 0.6 is 11.3 Å². The first kappa shape index (κ1) is 16.0. The number of rotatable bonds is 3. The summed E-state index contributed by atoms with van der Waals surface area (Å²) in [4.78, 5) is 17.5. The Kier molecular flexibility index (Phi) is 4.55. The number of benzene rings is 1. The largest absolute Gasteiger partial charge is 0.349 e.